The molecule has 0 aliphatic heterocycles. The van der Waals surface area contributed by atoms with Gasteiger partial charge in [-0.05, 0) is 35.4 Å². The molecule has 2 aromatic carbocycles. The van der Waals surface area contributed by atoms with Crippen LogP contribution in [0.2, 0.25) is 0 Å². The van der Waals surface area contributed by atoms with Crippen molar-refractivity contribution in [3.63, 3.8) is 0 Å². The number of hydrogen-bond donors (Lipinski definition) is 2. The molecule has 2 N–H and O–H groups in total. The highest BCUT2D eigenvalue weighted by molar-refractivity contribution is 7.81. The molecule has 20 heavy (non-hydrogen) atoms. The third-order valence-electron chi connectivity index (χ3n) is 2.91. The van der Waals surface area contributed by atoms with Crippen LogP contribution in [0, 0.1) is 0 Å². The summed E-state index contributed by atoms with van der Waals surface area (Å²) in [5.74, 6) is -1.57. The van der Waals surface area contributed by atoms with Gasteiger partial charge in [0.25, 0.3) is 0 Å². The summed E-state index contributed by atoms with van der Waals surface area (Å²) in [5.41, 5.74) is 0.647. The Hall–Kier alpha value is -2.12. The van der Waals surface area contributed by atoms with Crippen LogP contribution in [0.3, 0.4) is 0 Å². The molecule has 2 aromatic rings. The topological polar surface area (TPSA) is 101 Å². The van der Waals surface area contributed by atoms with Crippen molar-refractivity contribution in [3.8, 4) is 5.75 Å². The summed E-state index contributed by atoms with van der Waals surface area (Å²) in [5, 5.41) is 10.4. The summed E-state index contributed by atoms with van der Waals surface area (Å²) >= 11 is 0. The maximum atomic E-state index is 10.9. The number of carbonyl (C=O) groups is 1. The predicted molar refractivity (Wildman–Crippen MR) is 72.2 cm³/mol. The zero-order chi connectivity index (χ0) is 14.9. The van der Waals surface area contributed by atoms with E-state index in [0.717, 1.165) is 5.39 Å². The van der Waals surface area contributed by atoms with Gasteiger partial charge in [-0.25, -0.2) is 0 Å². The van der Waals surface area contributed by atoms with Crippen LogP contribution in [0.15, 0.2) is 36.4 Å². The largest absolute Gasteiger partial charge is 0.481 e. The summed E-state index contributed by atoms with van der Waals surface area (Å²) in [6.07, 6.45) is 0. The Labute approximate surface area is 115 Å². The highest BCUT2D eigenvalue weighted by Crippen LogP contribution is 2.25. The third kappa shape index (κ3) is 3.25. The Morgan fingerprint density at radius 1 is 1.15 bits per heavy atom. The molecule has 2 rings (SSSR count). The lowest BCUT2D eigenvalue weighted by Gasteiger charge is -2.09. The van der Waals surface area contributed by atoms with Crippen molar-refractivity contribution >= 4 is 27.1 Å². The van der Waals surface area contributed by atoms with Crippen molar-refractivity contribution in [1.82, 2.24) is 0 Å². The van der Waals surface area contributed by atoms with Crippen LogP contribution in [-0.4, -0.2) is 24.0 Å². The van der Waals surface area contributed by atoms with Gasteiger partial charge in [0, 0.05) is 0 Å². The lowest BCUT2D eigenvalue weighted by atomic mass is 9.98. The Morgan fingerprint density at radius 2 is 1.75 bits per heavy atom. The third-order valence-corrected chi connectivity index (χ3v) is 3.31. The van der Waals surface area contributed by atoms with Gasteiger partial charge in [-0.2, -0.15) is 8.42 Å². The lowest BCUT2D eigenvalue weighted by molar-refractivity contribution is -0.138. The van der Waals surface area contributed by atoms with Crippen LogP contribution in [0.1, 0.15) is 18.4 Å². The standard InChI is InChI=1S/C13H12O6S/c1-8(13(14)15)9-2-3-11-7-12(19-20(16,17)18)5-4-10(11)6-9/h2-8H,1H3,(H,14,15)(H,16,17,18)/t8-/m1/s1. The Balaban J connectivity index is 2.42. The van der Waals surface area contributed by atoms with E-state index in [-0.39, 0.29) is 5.75 Å². The maximum absolute atomic E-state index is 10.9. The highest BCUT2D eigenvalue weighted by Gasteiger charge is 2.14. The van der Waals surface area contributed by atoms with Gasteiger partial charge in [0.15, 0.2) is 0 Å². The first-order chi connectivity index (χ1) is 9.26. The maximum Gasteiger partial charge on any atom is 0.446 e. The number of hydrogen-bond acceptors (Lipinski definition) is 4. The van der Waals surface area contributed by atoms with E-state index in [0.29, 0.717) is 10.9 Å². The first kappa shape index (κ1) is 14.3. The van der Waals surface area contributed by atoms with Gasteiger partial charge in [-0.1, -0.05) is 24.3 Å². The summed E-state index contributed by atoms with van der Waals surface area (Å²) in [7, 11) is -4.56. The van der Waals surface area contributed by atoms with Crippen molar-refractivity contribution in [2.45, 2.75) is 12.8 Å². The summed E-state index contributed by atoms with van der Waals surface area (Å²) < 4.78 is 34.2. The zero-order valence-electron chi connectivity index (χ0n) is 10.5. The second kappa shape index (κ2) is 5.10. The van der Waals surface area contributed by atoms with E-state index in [1.807, 2.05) is 0 Å². The number of rotatable bonds is 4. The molecule has 0 bridgehead atoms. The molecule has 0 unspecified atom stereocenters. The quantitative estimate of drug-likeness (QED) is 0.839. The second-order valence-corrected chi connectivity index (χ2v) is 5.36. The molecular formula is C13H12O6S. The number of benzene rings is 2. The molecule has 0 aliphatic carbocycles. The molecule has 106 valence electrons. The van der Waals surface area contributed by atoms with Crippen molar-refractivity contribution in [2.75, 3.05) is 0 Å². The number of fused-ring (bicyclic) bond motifs is 1. The fourth-order valence-corrected chi connectivity index (χ4v) is 2.17. The second-order valence-electron chi connectivity index (χ2n) is 4.34. The Bertz CT molecular complexity index is 766. The van der Waals surface area contributed by atoms with E-state index < -0.39 is 22.3 Å². The molecule has 0 saturated heterocycles. The van der Waals surface area contributed by atoms with E-state index in [1.54, 1.807) is 31.2 Å². The van der Waals surface area contributed by atoms with Crippen molar-refractivity contribution < 1.29 is 27.1 Å². The molecule has 0 saturated carbocycles. The van der Waals surface area contributed by atoms with Gasteiger partial charge < -0.3 is 9.29 Å². The molecular weight excluding hydrogens is 284 g/mol. The van der Waals surface area contributed by atoms with Gasteiger partial charge in [-0.3, -0.25) is 9.35 Å². The Kier molecular flexibility index (Phi) is 3.65. The van der Waals surface area contributed by atoms with Gasteiger partial charge >= 0.3 is 16.4 Å². The van der Waals surface area contributed by atoms with Crippen LogP contribution in [0.4, 0.5) is 0 Å². The van der Waals surface area contributed by atoms with Crippen LogP contribution in [0.5, 0.6) is 5.75 Å². The number of carboxylic acid groups (broad SMARTS) is 1. The van der Waals surface area contributed by atoms with Crippen LogP contribution in [0.25, 0.3) is 10.8 Å². The normalized spacial score (nSPS) is 13.1. The van der Waals surface area contributed by atoms with E-state index in [2.05, 4.69) is 4.18 Å². The molecule has 0 amide bonds. The van der Waals surface area contributed by atoms with Crippen molar-refractivity contribution in [1.29, 1.82) is 0 Å². The molecule has 0 spiro atoms. The molecule has 0 fully saturated rings. The van der Waals surface area contributed by atoms with E-state index in [1.165, 1.54) is 12.1 Å². The zero-order valence-corrected chi connectivity index (χ0v) is 11.3. The minimum absolute atomic E-state index is 0.0148. The van der Waals surface area contributed by atoms with Crippen LogP contribution >= 0.6 is 0 Å². The van der Waals surface area contributed by atoms with E-state index in [9.17, 15) is 13.2 Å². The first-order valence-electron chi connectivity index (χ1n) is 5.70. The average Bonchev–Trinajstić information content (AvgIpc) is 2.35. The van der Waals surface area contributed by atoms with Crippen molar-refractivity contribution in [3.05, 3.63) is 42.0 Å². The minimum atomic E-state index is -4.56. The average molecular weight is 296 g/mol. The monoisotopic (exact) mass is 296 g/mol. The molecule has 0 heterocycles. The SMILES string of the molecule is C[C@@H](C(=O)O)c1ccc2cc(OS(=O)(=O)O)ccc2c1. The van der Waals surface area contributed by atoms with Crippen LogP contribution in [-0.2, 0) is 15.2 Å². The van der Waals surface area contributed by atoms with Crippen LogP contribution < -0.4 is 4.18 Å². The van der Waals surface area contributed by atoms with E-state index >= 15 is 0 Å². The van der Waals surface area contributed by atoms with Gasteiger partial charge in [0.1, 0.15) is 5.75 Å². The number of aliphatic carboxylic acids is 1. The van der Waals surface area contributed by atoms with Gasteiger partial charge in [0.2, 0.25) is 0 Å². The summed E-state index contributed by atoms with van der Waals surface area (Å²) in [6.45, 7) is 1.58. The summed E-state index contributed by atoms with van der Waals surface area (Å²) in [6, 6.07) is 9.45. The lowest BCUT2D eigenvalue weighted by Crippen LogP contribution is -2.07. The minimum Gasteiger partial charge on any atom is -0.481 e. The molecule has 6 nitrogen and oxygen atoms in total. The molecule has 0 aliphatic rings. The van der Waals surface area contributed by atoms with E-state index in [4.69, 9.17) is 9.66 Å². The molecule has 0 radical (unpaired) electrons. The molecule has 1 atom stereocenters. The first-order valence-corrected chi connectivity index (χ1v) is 7.06. The summed E-state index contributed by atoms with van der Waals surface area (Å²) in [4.78, 5) is 10.9. The fourth-order valence-electron chi connectivity index (χ4n) is 1.83. The number of carboxylic acids is 1. The highest BCUT2D eigenvalue weighted by atomic mass is 32.3. The fraction of sp³-hybridized carbons (Fsp3) is 0.154. The molecule has 0 aromatic heterocycles. The van der Waals surface area contributed by atoms with Gasteiger partial charge in [0.05, 0.1) is 5.92 Å². The van der Waals surface area contributed by atoms with Gasteiger partial charge in [-0.15, -0.1) is 0 Å². The molecule has 7 heteroatoms. The smallest absolute Gasteiger partial charge is 0.446 e. The predicted octanol–water partition coefficient (Wildman–Crippen LogP) is 2.21. The Morgan fingerprint density at radius 3 is 2.35 bits per heavy atom. The van der Waals surface area contributed by atoms with Crippen molar-refractivity contribution in [2.24, 2.45) is 0 Å².